The van der Waals surface area contributed by atoms with Gasteiger partial charge in [0.15, 0.2) is 5.82 Å². The predicted molar refractivity (Wildman–Crippen MR) is 66.7 cm³/mol. The van der Waals surface area contributed by atoms with Gasteiger partial charge in [-0.2, -0.15) is 0 Å². The Morgan fingerprint density at radius 1 is 1.61 bits per heavy atom. The summed E-state index contributed by atoms with van der Waals surface area (Å²) in [5.41, 5.74) is -0.933. The topological polar surface area (TPSA) is 75.4 Å². The second kappa shape index (κ2) is 4.44. The molecule has 0 bridgehead atoms. The molecule has 1 unspecified atom stereocenters. The monoisotopic (exact) mass is 251 g/mol. The van der Waals surface area contributed by atoms with Crippen molar-refractivity contribution in [3.8, 4) is 0 Å². The summed E-state index contributed by atoms with van der Waals surface area (Å²) in [5.74, 6) is -0.447. The number of aliphatic carboxylic acids is 1. The first-order chi connectivity index (χ1) is 8.50. The summed E-state index contributed by atoms with van der Waals surface area (Å²) >= 11 is 0. The normalized spacial score (nSPS) is 23.3. The maximum Gasteiger partial charge on any atom is 0.311 e. The van der Waals surface area contributed by atoms with Gasteiger partial charge in [-0.3, -0.25) is 9.59 Å². The molecule has 1 aromatic heterocycles. The van der Waals surface area contributed by atoms with E-state index in [1.54, 1.807) is 24.3 Å². The minimum atomic E-state index is -0.791. The van der Waals surface area contributed by atoms with E-state index in [9.17, 15) is 14.7 Å². The number of hydrogen-bond acceptors (Lipinski definition) is 4. The van der Waals surface area contributed by atoms with Gasteiger partial charge in [-0.1, -0.05) is 6.92 Å². The molecular weight excluding hydrogens is 234 g/mol. The van der Waals surface area contributed by atoms with Crippen LogP contribution in [0.2, 0.25) is 0 Å². The highest BCUT2D eigenvalue weighted by Gasteiger charge is 2.44. The molecule has 6 nitrogen and oxygen atoms in total. The lowest BCUT2D eigenvalue weighted by molar-refractivity contribution is -0.147. The van der Waals surface area contributed by atoms with Crippen LogP contribution in [0.3, 0.4) is 0 Å². The minimum Gasteiger partial charge on any atom is -0.481 e. The van der Waals surface area contributed by atoms with Crippen LogP contribution in [0.5, 0.6) is 0 Å². The van der Waals surface area contributed by atoms with Crippen molar-refractivity contribution in [2.24, 2.45) is 12.5 Å². The molecule has 1 N–H and O–H groups in total. The van der Waals surface area contributed by atoms with E-state index < -0.39 is 11.4 Å². The third-order valence-corrected chi connectivity index (χ3v) is 3.78. The molecule has 1 atom stereocenters. The molecule has 98 valence electrons. The summed E-state index contributed by atoms with van der Waals surface area (Å²) in [5, 5.41) is 9.32. The van der Waals surface area contributed by atoms with Crippen molar-refractivity contribution in [3.05, 3.63) is 22.7 Å². The molecule has 2 heterocycles. The van der Waals surface area contributed by atoms with Crippen LogP contribution in [0.1, 0.15) is 19.8 Å². The van der Waals surface area contributed by atoms with Crippen LogP contribution in [-0.4, -0.2) is 33.7 Å². The Morgan fingerprint density at radius 3 is 2.89 bits per heavy atom. The number of hydrogen-bond donors (Lipinski definition) is 1. The van der Waals surface area contributed by atoms with E-state index in [-0.39, 0.29) is 5.56 Å². The van der Waals surface area contributed by atoms with Gasteiger partial charge < -0.3 is 14.6 Å². The largest absolute Gasteiger partial charge is 0.481 e. The third kappa shape index (κ3) is 1.87. The summed E-state index contributed by atoms with van der Waals surface area (Å²) in [6.45, 7) is 2.78. The zero-order valence-electron chi connectivity index (χ0n) is 10.6. The molecule has 18 heavy (non-hydrogen) atoms. The Bertz CT molecular complexity index is 526. The van der Waals surface area contributed by atoms with E-state index in [0.29, 0.717) is 31.7 Å². The molecule has 0 amide bonds. The molecule has 0 spiro atoms. The first-order valence-electron chi connectivity index (χ1n) is 6.00. The van der Waals surface area contributed by atoms with Gasteiger partial charge in [0.1, 0.15) is 0 Å². The fourth-order valence-corrected chi connectivity index (χ4v) is 2.37. The highest BCUT2D eigenvalue weighted by molar-refractivity contribution is 5.76. The van der Waals surface area contributed by atoms with Gasteiger partial charge in [0.25, 0.3) is 5.56 Å². The van der Waals surface area contributed by atoms with Gasteiger partial charge >= 0.3 is 5.97 Å². The van der Waals surface area contributed by atoms with Gasteiger partial charge in [-0.05, 0) is 12.8 Å². The molecule has 6 heteroatoms. The molecule has 1 aliphatic heterocycles. The van der Waals surface area contributed by atoms with Crippen molar-refractivity contribution in [2.75, 3.05) is 18.0 Å². The van der Waals surface area contributed by atoms with Crippen LogP contribution in [0.4, 0.5) is 5.82 Å². The van der Waals surface area contributed by atoms with E-state index >= 15 is 0 Å². The second-order valence-corrected chi connectivity index (χ2v) is 4.78. The summed E-state index contributed by atoms with van der Waals surface area (Å²) in [6.07, 6.45) is 4.26. The highest BCUT2D eigenvalue weighted by atomic mass is 16.4. The number of rotatable bonds is 3. The van der Waals surface area contributed by atoms with Crippen LogP contribution < -0.4 is 10.5 Å². The van der Waals surface area contributed by atoms with Gasteiger partial charge in [-0.15, -0.1) is 0 Å². The fraction of sp³-hybridized carbons (Fsp3) is 0.583. The van der Waals surface area contributed by atoms with Crippen LogP contribution in [0, 0.1) is 5.41 Å². The van der Waals surface area contributed by atoms with E-state index in [1.165, 1.54) is 4.57 Å². The van der Waals surface area contributed by atoms with Gasteiger partial charge in [0.2, 0.25) is 0 Å². The number of anilines is 1. The number of nitrogens with zero attached hydrogens (tertiary/aromatic N) is 3. The standard InChI is InChI=1S/C12H17N3O3/c1-3-12(11(17)18)4-6-15(8-12)9-10(16)14(2)7-5-13-9/h5,7H,3-4,6,8H2,1-2H3,(H,17,18). The van der Waals surface area contributed by atoms with Crippen LogP contribution in [0.25, 0.3) is 0 Å². The Balaban J connectivity index is 2.31. The lowest BCUT2D eigenvalue weighted by Gasteiger charge is -2.23. The summed E-state index contributed by atoms with van der Waals surface area (Å²) in [4.78, 5) is 29.1. The minimum absolute atomic E-state index is 0.185. The molecule has 0 aromatic carbocycles. The first-order valence-corrected chi connectivity index (χ1v) is 6.00. The maximum atomic E-state index is 11.9. The van der Waals surface area contributed by atoms with Gasteiger partial charge in [0, 0.05) is 32.5 Å². The molecule has 0 aliphatic carbocycles. The molecule has 0 saturated carbocycles. The van der Waals surface area contributed by atoms with Crippen molar-refractivity contribution < 1.29 is 9.90 Å². The summed E-state index contributed by atoms with van der Waals surface area (Å²) in [7, 11) is 1.66. The first kappa shape index (κ1) is 12.6. The molecule has 2 rings (SSSR count). The van der Waals surface area contributed by atoms with Crippen LogP contribution in [0.15, 0.2) is 17.2 Å². The van der Waals surface area contributed by atoms with Crippen LogP contribution >= 0.6 is 0 Å². The number of aryl methyl sites for hydroxylation is 1. The quantitative estimate of drug-likeness (QED) is 0.845. The van der Waals surface area contributed by atoms with E-state index in [2.05, 4.69) is 4.98 Å². The maximum absolute atomic E-state index is 11.9. The lowest BCUT2D eigenvalue weighted by atomic mass is 9.84. The number of carbonyl (C=O) groups is 1. The lowest BCUT2D eigenvalue weighted by Crippen LogP contribution is -2.36. The predicted octanol–water partition coefficient (Wildman–Crippen LogP) is 0.471. The third-order valence-electron chi connectivity index (χ3n) is 3.78. The molecule has 1 saturated heterocycles. The van der Waals surface area contributed by atoms with Crippen molar-refractivity contribution in [1.82, 2.24) is 9.55 Å². The van der Waals surface area contributed by atoms with E-state index in [0.717, 1.165) is 0 Å². The summed E-state index contributed by atoms with van der Waals surface area (Å²) < 4.78 is 1.45. The van der Waals surface area contributed by atoms with Crippen molar-refractivity contribution >= 4 is 11.8 Å². The average Bonchev–Trinajstić information content (AvgIpc) is 2.78. The number of carboxylic acids is 1. The molecule has 1 aliphatic rings. The number of aromatic nitrogens is 2. The Hall–Kier alpha value is -1.85. The fourth-order valence-electron chi connectivity index (χ4n) is 2.37. The van der Waals surface area contributed by atoms with Crippen molar-refractivity contribution in [3.63, 3.8) is 0 Å². The van der Waals surface area contributed by atoms with E-state index in [4.69, 9.17) is 0 Å². The molecule has 0 radical (unpaired) electrons. The number of carboxylic acid groups (broad SMARTS) is 1. The summed E-state index contributed by atoms with van der Waals surface area (Å²) in [6, 6.07) is 0. The second-order valence-electron chi connectivity index (χ2n) is 4.78. The Kier molecular flexibility index (Phi) is 3.11. The molecular formula is C12H17N3O3. The average molecular weight is 251 g/mol. The van der Waals surface area contributed by atoms with E-state index in [1.807, 2.05) is 6.92 Å². The highest BCUT2D eigenvalue weighted by Crippen LogP contribution is 2.35. The van der Waals surface area contributed by atoms with Gasteiger partial charge in [0.05, 0.1) is 5.41 Å². The Labute approximate surface area is 105 Å². The molecule has 1 fully saturated rings. The van der Waals surface area contributed by atoms with Crippen molar-refractivity contribution in [2.45, 2.75) is 19.8 Å². The SMILES string of the molecule is CCC1(C(=O)O)CCN(c2nccn(C)c2=O)C1. The van der Waals surface area contributed by atoms with Crippen molar-refractivity contribution in [1.29, 1.82) is 0 Å². The smallest absolute Gasteiger partial charge is 0.311 e. The Morgan fingerprint density at radius 2 is 2.33 bits per heavy atom. The molecule has 1 aromatic rings. The zero-order valence-corrected chi connectivity index (χ0v) is 10.6. The van der Waals surface area contributed by atoms with Crippen LogP contribution in [-0.2, 0) is 11.8 Å². The zero-order chi connectivity index (χ0) is 13.3. The van der Waals surface area contributed by atoms with Gasteiger partial charge in [-0.25, -0.2) is 4.98 Å².